The Kier molecular flexibility index (Phi) is 3.58. The SMILES string of the molecule is CC1CN(c2ccnc3ccc(Cl)cc23)CC(C)S1(=O)=O. The van der Waals surface area contributed by atoms with Crippen LogP contribution in [0, 0.1) is 0 Å². The van der Waals surface area contributed by atoms with Gasteiger partial charge in [-0.1, -0.05) is 11.6 Å². The molecule has 6 heteroatoms. The van der Waals surface area contributed by atoms with Gasteiger partial charge in [-0.05, 0) is 38.1 Å². The molecule has 1 fully saturated rings. The van der Waals surface area contributed by atoms with Gasteiger partial charge in [0.25, 0.3) is 0 Å². The highest BCUT2D eigenvalue weighted by molar-refractivity contribution is 7.92. The van der Waals surface area contributed by atoms with Gasteiger partial charge in [0.15, 0.2) is 9.84 Å². The molecule has 4 nitrogen and oxygen atoms in total. The maximum Gasteiger partial charge on any atom is 0.158 e. The first-order valence-corrected chi connectivity index (χ1v) is 8.90. The maximum absolute atomic E-state index is 12.1. The van der Waals surface area contributed by atoms with Crippen LogP contribution in [-0.4, -0.2) is 37.0 Å². The normalized spacial score (nSPS) is 25.2. The quantitative estimate of drug-likeness (QED) is 0.809. The third-order valence-corrected chi connectivity index (χ3v) is 6.87. The minimum atomic E-state index is -3.03. The second-order valence-electron chi connectivity index (χ2n) is 5.61. The molecule has 0 radical (unpaired) electrons. The Balaban J connectivity index is 2.07. The molecule has 0 aliphatic carbocycles. The van der Waals surface area contributed by atoms with Crippen LogP contribution in [0.5, 0.6) is 0 Å². The Labute approximate surface area is 129 Å². The highest BCUT2D eigenvalue weighted by Crippen LogP contribution is 2.31. The second kappa shape index (κ2) is 5.14. The van der Waals surface area contributed by atoms with Crippen molar-refractivity contribution < 1.29 is 8.42 Å². The van der Waals surface area contributed by atoms with Crippen LogP contribution < -0.4 is 4.90 Å². The summed E-state index contributed by atoms with van der Waals surface area (Å²) in [6, 6.07) is 7.51. The molecule has 0 amide bonds. The number of halogens is 1. The molecule has 1 aromatic heterocycles. The van der Waals surface area contributed by atoms with Crippen molar-refractivity contribution in [2.24, 2.45) is 0 Å². The van der Waals surface area contributed by atoms with Crippen molar-refractivity contribution in [1.29, 1.82) is 0 Å². The number of nitrogens with zero attached hydrogens (tertiary/aromatic N) is 2. The Bertz CT molecular complexity index is 773. The average Bonchev–Trinajstić information content (AvgIpc) is 2.44. The first-order valence-electron chi connectivity index (χ1n) is 6.91. The number of aromatic nitrogens is 1. The molecule has 2 aromatic rings. The van der Waals surface area contributed by atoms with Crippen molar-refractivity contribution in [3.8, 4) is 0 Å². The third kappa shape index (κ3) is 2.49. The van der Waals surface area contributed by atoms with E-state index in [0.717, 1.165) is 16.6 Å². The molecule has 0 saturated carbocycles. The highest BCUT2D eigenvalue weighted by atomic mass is 35.5. The molecule has 0 bridgehead atoms. The fourth-order valence-corrected chi connectivity index (χ4v) is 4.62. The van der Waals surface area contributed by atoms with E-state index in [1.807, 2.05) is 24.3 Å². The molecule has 1 aromatic carbocycles. The summed E-state index contributed by atoms with van der Waals surface area (Å²) in [5.41, 5.74) is 1.86. The Hall–Kier alpha value is -1.33. The molecule has 1 aliphatic heterocycles. The van der Waals surface area contributed by atoms with Gasteiger partial charge in [0.2, 0.25) is 0 Å². The molecule has 1 aliphatic rings. The predicted molar refractivity (Wildman–Crippen MR) is 86.8 cm³/mol. The summed E-state index contributed by atoms with van der Waals surface area (Å²) in [7, 11) is -3.03. The summed E-state index contributed by atoms with van der Waals surface area (Å²) >= 11 is 6.09. The number of anilines is 1. The fraction of sp³-hybridized carbons (Fsp3) is 0.400. The van der Waals surface area contributed by atoms with Crippen LogP contribution in [0.15, 0.2) is 30.5 Å². The summed E-state index contributed by atoms with van der Waals surface area (Å²) in [5.74, 6) is 0. The fourth-order valence-electron chi connectivity index (χ4n) is 2.88. The Morgan fingerprint density at radius 2 is 1.86 bits per heavy atom. The number of pyridine rings is 1. The number of rotatable bonds is 1. The van der Waals surface area contributed by atoms with E-state index in [4.69, 9.17) is 11.6 Å². The Morgan fingerprint density at radius 3 is 2.52 bits per heavy atom. The van der Waals surface area contributed by atoms with E-state index in [-0.39, 0.29) is 10.5 Å². The molecule has 112 valence electrons. The molecule has 0 N–H and O–H groups in total. The van der Waals surface area contributed by atoms with Gasteiger partial charge < -0.3 is 4.90 Å². The van der Waals surface area contributed by atoms with Gasteiger partial charge >= 0.3 is 0 Å². The monoisotopic (exact) mass is 324 g/mol. The van der Waals surface area contributed by atoms with E-state index in [9.17, 15) is 8.42 Å². The first-order chi connectivity index (χ1) is 9.89. The largest absolute Gasteiger partial charge is 0.368 e. The van der Waals surface area contributed by atoms with Crippen molar-refractivity contribution in [1.82, 2.24) is 4.98 Å². The molecule has 3 rings (SSSR count). The van der Waals surface area contributed by atoms with Gasteiger partial charge in [0, 0.05) is 35.4 Å². The van der Waals surface area contributed by atoms with Crippen molar-refractivity contribution in [2.75, 3.05) is 18.0 Å². The second-order valence-corrected chi connectivity index (χ2v) is 8.83. The summed E-state index contributed by atoms with van der Waals surface area (Å²) in [5, 5.41) is 0.874. The van der Waals surface area contributed by atoms with E-state index in [0.29, 0.717) is 18.1 Å². The molecule has 2 atom stereocenters. The smallest absolute Gasteiger partial charge is 0.158 e. The van der Waals surface area contributed by atoms with Crippen molar-refractivity contribution in [3.05, 3.63) is 35.5 Å². The zero-order chi connectivity index (χ0) is 15.2. The molecule has 21 heavy (non-hydrogen) atoms. The van der Waals surface area contributed by atoms with E-state index < -0.39 is 9.84 Å². The number of benzene rings is 1. The van der Waals surface area contributed by atoms with Crippen LogP contribution in [0.25, 0.3) is 10.9 Å². The summed E-state index contributed by atoms with van der Waals surface area (Å²) in [6.45, 7) is 4.54. The van der Waals surface area contributed by atoms with Gasteiger partial charge in [0.1, 0.15) is 0 Å². The molecule has 0 spiro atoms. The van der Waals surface area contributed by atoms with Crippen molar-refractivity contribution >= 4 is 38.0 Å². The zero-order valence-corrected chi connectivity index (χ0v) is 13.5. The lowest BCUT2D eigenvalue weighted by atomic mass is 10.1. The Morgan fingerprint density at radius 1 is 1.19 bits per heavy atom. The minimum Gasteiger partial charge on any atom is -0.368 e. The van der Waals surface area contributed by atoms with E-state index in [1.165, 1.54) is 0 Å². The number of hydrogen-bond acceptors (Lipinski definition) is 4. The van der Waals surface area contributed by atoms with Gasteiger partial charge in [-0.2, -0.15) is 0 Å². The first kappa shape index (κ1) is 14.6. The van der Waals surface area contributed by atoms with Gasteiger partial charge in [-0.15, -0.1) is 0 Å². The van der Waals surface area contributed by atoms with E-state index in [2.05, 4.69) is 9.88 Å². The van der Waals surface area contributed by atoms with Crippen LogP contribution in [0.1, 0.15) is 13.8 Å². The molecular weight excluding hydrogens is 308 g/mol. The predicted octanol–water partition coefficient (Wildman–Crippen LogP) is 2.90. The van der Waals surface area contributed by atoms with E-state index in [1.54, 1.807) is 20.0 Å². The van der Waals surface area contributed by atoms with Crippen LogP contribution in [0.4, 0.5) is 5.69 Å². The van der Waals surface area contributed by atoms with Gasteiger partial charge in [0.05, 0.1) is 16.0 Å². The van der Waals surface area contributed by atoms with Crippen LogP contribution >= 0.6 is 11.6 Å². The average molecular weight is 325 g/mol. The lowest BCUT2D eigenvalue weighted by Gasteiger charge is -2.36. The van der Waals surface area contributed by atoms with E-state index >= 15 is 0 Å². The van der Waals surface area contributed by atoms with Crippen LogP contribution in [0.3, 0.4) is 0 Å². The number of fused-ring (bicyclic) bond motifs is 1. The van der Waals surface area contributed by atoms with Gasteiger partial charge in [-0.25, -0.2) is 8.42 Å². The lowest BCUT2D eigenvalue weighted by Crippen LogP contribution is -2.50. The molecule has 2 unspecified atom stereocenters. The molecule has 1 saturated heterocycles. The molecule has 2 heterocycles. The maximum atomic E-state index is 12.1. The highest BCUT2D eigenvalue weighted by Gasteiger charge is 2.36. The van der Waals surface area contributed by atoms with Gasteiger partial charge in [-0.3, -0.25) is 4.98 Å². The number of hydrogen-bond donors (Lipinski definition) is 0. The van der Waals surface area contributed by atoms with Crippen LogP contribution in [-0.2, 0) is 9.84 Å². The summed E-state index contributed by atoms with van der Waals surface area (Å²) in [4.78, 5) is 6.46. The lowest BCUT2D eigenvalue weighted by molar-refractivity contribution is 0.550. The van der Waals surface area contributed by atoms with Crippen molar-refractivity contribution in [2.45, 2.75) is 24.3 Å². The summed E-state index contributed by atoms with van der Waals surface area (Å²) in [6.07, 6.45) is 1.75. The number of sulfone groups is 1. The topological polar surface area (TPSA) is 50.3 Å². The van der Waals surface area contributed by atoms with Crippen molar-refractivity contribution in [3.63, 3.8) is 0 Å². The minimum absolute atomic E-state index is 0.372. The third-order valence-electron chi connectivity index (χ3n) is 4.10. The summed E-state index contributed by atoms with van der Waals surface area (Å²) < 4.78 is 24.3. The molecular formula is C15H17ClN2O2S. The standard InChI is InChI=1S/C15H17ClN2O2S/c1-10-8-18(9-11(2)21(10,19)20)15-5-6-17-14-4-3-12(16)7-13(14)15/h3-7,10-11H,8-9H2,1-2H3. The van der Waals surface area contributed by atoms with Crippen LogP contribution in [0.2, 0.25) is 5.02 Å². The zero-order valence-electron chi connectivity index (χ0n) is 12.0.